The van der Waals surface area contributed by atoms with Crippen molar-refractivity contribution in [1.29, 1.82) is 0 Å². The molecule has 0 bridgehead atoms. The van der Waals surface area contributed by atoms with Gasteiger partial charge in [-0.3, -0.25) is 4.79 Å². The number of hydrogen-bond donors (Lipinski definition) is 1. The smallest absolute Gasteiger partial charge is 0.277 e. The third kappa shape index (κ3) is 2.83. The third-order valence-corrected chi connectivity index (χ3v) is 2.49. The Bertz CT molecular complexity index is 556. The van der Waals surface area contributed by atoms with Crippen LogP contribution in [0.5, 0.6) is 0 Å². The normalized spacial score (nSPS) is 10.9. The average Bonchev–Trinajstić information content (AvgIpc) is 2.37. The lowest BCUT2D eigenvalue weighted by Gasteiger charge is -2.04. The van der Waals surface area contributed by atoms with Crippen molar-refractivity contribution >= 4 is 23.5 Å². The van der Waals surface area contributed by atoms with E-state index in [9.17, 15) is 4.79 Å². The van der Waals surface area contributed by atoms with Crippen molar-refractivity contribution in [3.05, 3.63) is 34.6 Å². The first-order chi connectivity index (χ1) is 8.33. The molecule has 0 saturated carbocycles. The van der Waals surface area contributed by atoms with Crippen LogP contribution in [0.1, 0.15) is 0 Å². The van der Waals surface area contributed by atoms with Gasteiger partial charge >= 0.3 is 0 Å². The predicted molar refractivity (Wildman–Crippen MR) is 68.5 cm³/mol. The molecule has 0 atom stereocenters. The third-order valence-electron chi connectivity index (χ3n) is 2.31. The molecular weight excluding hydrogens is 238 g/mol. The molecule has 0 amide bonds. The molecule has 0 aliphatic carbocycles. The zero-order chi connectivity index (χ0) is 12.1. The number of hydrogen-bond acceptors (Lipinski definition) is 5. The topological polar surface area (TPSA) is 57.0 Å². The fourth-order valence-corrected chi connectivity index (χ4v) is 1.62. The first-order valence-electron chi connectivity index (χ1n) is 5.34. The van der Waals surface area contributed by atoms with E-state index >= 15 is 0 Å². The predicted octanol–water partition coefficient (Wildman–Crippen LogP) is 0.738. The van der Waals surface area contributed by atoms with E-state index < -0.39 is 0 Å². The fraction of sp³-hybridized carbons (Fsp3) is 0.364. The summed E-state index contributed by atoms with van der Waals surface area (Å²) >= 11 is 4.03. The Kier molecular flexibility index (Phi) is 4.11. The van der Waals surface area contributed by atoms with Crippen LogP contribution in [0, 0.1) is 0 Å². The van der Waals surface area contributed by atoms with Gasteiger partial charge in [-0.2, -0.15) is 12.6 Å². The summed E-state index contributed by atoms with van der Waals surface area (Å²) in [5.74, 6) is 0.665. The quantitative estimate of drug-likeness (QED) is 0.629. The summed E-state index contributed by atoms with van der Waals surface area (Å²) in [4.78, 5) is 12.0. The number of fused-ring (bicyclic) bond motifs is 1. The van der Waals surface area contributed by atoms with Crippen molar-refractivity contribution in [2.45, 2.75) is 6.54 Å². The molecule has 17 heavy (non-hydrogen) atoms. The minimum absolute atomic E-state index is 0.134. The van der Waals surface area contributed by atoms with Gasteiger partial charge in [0.2, 0.25) is 0 Å². The Labute approximate surface area is 104 Å². The second-order valence-electron chi connectivity index (χ2n) is 3.47. The molecule has 1 aromatic heterocycles. The van der Waals surface area contributed by atoms with Crippen LogP contribution < -0.4 is 5.56 Å². The molecule has 0 saturated heterocycles. The van der Waals surface area contributed by atoms with Crippen LogP contribution in [-0.2, 0) is 11.3 Å². The number of rotatable bonds is 5. The molecule has 5 nitrogen and oxygen atoms in total. The molecule has 0 N–H and O–H groups in total. The molecule has 2 aromatic rings. The summed E-state index contributed by atoms with van der Waals surface area (Å²) in [6.45, 7) is 1.41. The number of aromatic nitrogens is 3. The van der Waals surface area contributed by atoms with Crippen LogP contribution in [0.4, 0.5) is 0 Å². The minimum Gasteiger partial charge on any atom is -0.379 e. The highest BCUT2D eigenvalue weighted by atomic mass is 32.1. The molecule has 0 aliphatic rings. The molecule has 0 aliphatic heterocycles. The van der Waals surface area contributed by atoms with Gasteiger partial charge < -0.3 is 4.74 Å². The molecule has 0 radical (unpaired) electrons. The number of thiol groups is 1. The lowest BCUT2D eigenvalue weighted by atomic mass is 10.2. The molecule has 6 heteroatoms. The molecule has 0 fully saturated rings. The highest BCUT2D eigenvalue weighted by Crippen LogP contribution is 2.02. The van der Waals surface area contributed by atoms with Crippen molar-refractivity contribution in [2.24, 2.45) is 0 Å². The maximum atomic E-state index is 12.0. The van der Waals surface area contributed by atoms with Crippen LogP contribution in [-0.4, -0.2) is 34.0 Å². The fourth-order valence-electron chi connectivity index (χ4n) is 1.49. The van der Waals surface area contributed by atoms with Gasteiger partial charge in [0.1, 0.15) is 5.52 Å². The van der Waals surface area contributed by atoms with Gasteiger partial charge in [0.25, 0.3) is 5.56 Å². The number of nitrogens with zero attached hydrogens (tertiary/aromatic N) is 3. The van der Waals surface area contributed by atoms with Gasteiger partial charge in [-0.05, 0) is 12.1 Å². The van der Waals surface area contributed by atoms with Crippen LogP contribution in [0.15, 0.2) is 29.1 Å². The highest BCUT2D eigenvalue weighted by Gasteiger charge is 2.03. The van der Waals surface area contributed by atoms with E-state index in [1.54, 1.807) is 12.1 Å². The van der Waals surface area contributed by atoms with Crippen LogP contribution in [0.25, 0.3) is 10.9 Å². The first-order valence-corrected chi connectivity index (χ1v) is 5.97. The van der Waals surface area contributed by atoms with Crippen molar-refractivity contribution in [1.82, 2.24) is 15.0 Å². The molecule has 0 spiro atoms. The molecule has 1 heterocycles. The lowest BCUT2D eigenvalue weighted by Crippen LogP contribution is -2.26. The summed E-state index contributed by atoms with van der Waals surface area (Å²) in [6.07, 6.45) is 0. The summed E-state index contributed by atoms with van der Waals surface area (Å²) in [7, 11) is 0. The molecule has 1 aromatic carbocycles. The van der Waals surface area contributed by atoms with Crippen molar-refractivity contribution in [2.75, 3.05) is 19.0 Å². The molecular formula is C11H13N3O2S. The molecule has 90 valence electrons. The molecule has 2 rings (SSSR count). The second kappa shape index (κ2) is 5.79. The average molecular weight is 251 g/mol. The lowest BCUT2D eigenvalue weighted by molar-refractivity contribution is 0.137. The second-order valence-corrected chi connectivity index (χ2v) is 3.92. The Morgan fingerprint density at radius 1 is 1.29 bits per heavy atom. The van der Waals surface area contributed by atoms with Gasteiger partial charge in [-0.25, -0.2) is 4.68 Å². The monoisotopic (exact) mass is 251 g/mol. The van der Waals surface area contributed by atoms with E-state index in [1.165, 1.54) is 4.68 Å². The summed E-state index contributed by atoms with van der Waals surface area (Å²) in [5.41, 5.74) is 0.482. The highest BCUT2D eigenvalue weighted by molar-refractivity contribution is 7.80. The minimum atomic E-state index is -0.134. The van der Waals surface area contributed by atoms with Crippen molar-refractivity contribution in [3.8, 4) is 0 Å². The Hall–Kier alpha value is -1.40. The SMILES string of the molecule is O=c1c2ccccc2nnn1CCOCCS. The van der Waals surface area contributed by atoms with Gasteiger partial charge in [0.15, 0.2) is 0 Å². The van der Waals surface area contributed by atoms with Crippen molar-refractivity contribution < 1.29 is 4.74 Å². The van der Waals surface area contributed by atoms with E-state index in [2.05, 4.69) is 22.9 Å². The summed E-state index contributed by atoms with van der Waals surface area (Å²) in [6, 6.07) is 7.16. The standard InChI is InChI=1S/C11H13N3O2S/c15-11-9-3-1-2-4-10(9)12-13-14(11)5-6-16-7-8-17/h1-4,17H,5-8H2. The zero-order valence-electron chi connectivity index (χ0n) is 9.24. The van der Waals surface area contributed by atoms with Gasteiger partial charge in [-0.1, -0.05) is 17.3 Å². The Morgan fingerprint density at radius 3 is 2.94 bits per heavy atom. The number of ether oxygens (including phenoxy) is 1. The molecule has 0 unspecified atom stereocenters. The maximum Gasteiger partial charge on any atom is 0.277 e. The first kappa shape index (κ1) is 12.1. The van der Waals surface area contributed by atoms with E-state index in [1.807, 2.05) is 12.1 Å². The van der Waals surface area contributed by atoms with E-state index in [4.69, 9.17) is 4.74 Å². The summed E-state index contributed by atoms with van der Waals surface area (Å²) in [5, 5.41) is 8.42. The van der Waals surface area contributed by atoms with Crippen LogP contribution >= 0.6 is 12.6 Å². The van der Waals surface area contributed by atoms with Crippen molar-refractivity contribution in [3.63, 3.8) is 0 Å². The Balaban J connectivity index is 2.18. The van der Waals surface area contributed by atoms with E-state index in [0.717, 1.165) is 0 Å². The van der Waals surface area contributed by atoms with E-state index in [0.29, 0.717) is 36.4 Å². The van der Waals surface area contributed by atoms with Crippen LogP contribution in [0.3, 0.4) is 0 Å². The largest absolute Gasteiger partial charge is 0.379 e. The van der Waals surface area contributed by atoms with Gasteiger partial charge in [-0.15, -0.1) is 5.10 Å². The maximum absolute atomic E-state index is 12.0. The van der Waals surface area contributed by atoms with Crippen LogP contribution in [0.2, 0.25) is 0 Å². The summed E-state index contributed by atoms with van der Waals surface area (Å²) < 4.78 is 6.57. The number of benzene rings is 1. The Morgan fingerprint density at radius 2 is 2.12 bits per heavy atom. The van der Waals surface area contributed by atoms with Gasteiger partial charge in [0.05, 0.1) is 25.1 Å². The zero-order valence-corrected chi connectivity index (χ0v) is 10.1. The van der Waals surface area contributed by atoms with E-state index in [-0.39, 0.29) is 5.56 Å². The van der Waals surface area contributed by atoms with Gasteiger partial charge in [0, 0.05) is 5.75 Å².